The van der Waals surface area contributed by atoms with Crippen LogP contribution in [0.5, 0.6) is 0 Å². The van der Waals surface area contributed by atoms with Crippen LogP contribution in [-0.4, -0.2) is 6.29 Å². The van der Waals surface area contributed by atoms with Gasteiger partial charge in [0.2, 0.25) is 0 Å². The van der Waals surface area contributed by atoms with Crippen molar-refractivity contribution in [1.82, 2.24) is 0 Å². The number of carbonyl (C=O) groups excluding carboxylic acids is 1. The lowest BCUT2D eigenvalue weighted by atomic mass is 9.83. The van der Waals surface area contributed by atoms with E-state index < -0.39 is 0 Å². The molecule has 1 aliphatic carbocycles. The third-order valence-electron chi connectivity index (χ3n) is 2.83. The van der Waals surface area contributed by atoms with Crippen LogP contribution in [0, 0.1) is 6.92 Å². The van der Waals surface area contributed by atoms with E-state index in [0.717, 1.165) is 25.5 Å². The van der Waals surface area contributed by atoms with Gasteiger partial charge in [-0.15, -0.1) is 0 Å². The van der Waals surface area contributed by atoms with E-state index in [-0.39, 0.29) is 5.92 Å². The topological polar surface area (TPSA) is 17.1 Å². The molecule has 1 heteroatoms. The second-order valence-electron chi connectivity index (χ2n) is 3.84. The highest BCUT2D eigenvalue weighted by Gasteiger charge is 2.18. The molecule has 0 saturated carbocycles. The Kier molecular flexibility index (Phi) is 2.17. The van der Waals surface area contributed by atoms with Crippen LogP contribution >= 0.6 is 0 Å². The number of aryl methyl sites for hydroxylation is 2. The highest BCUT2D eigenvalue weighted by Crippen LogP contribution is 2.30. The third-order valence-corrected chi connectivity index (χ3v) is 2.83. The van der Waals surface area contributed by atoms with Gasteiger partial charge in [0, 0.05) is 5.92 Å². The molecule has 0 amide bonds. The average Bonchev–Trinajstić information content (AvgIpc) is 2.17. The van der Waals surface area contributed by atoms with Crippen LogP contribution in [0.2, 0.25) is 0 Å². The maximum atomic E-state index is 10.8. The van der Waals surface area contributed by atoms with Gasteiger partial charge in [-0.3, -0.25) is 0 Å². The molecule has 0 aromatic heterocycles. The summed E-state index contributed by atoms with van der Waals surface area (Å²) in [6, 6.07) is 6.46. The number of fused-ring (bicyclic) bond motifs is 1. The van der Waals surface area contributed by atoms with Gasteiger partial charge in [-0.05, 0) is 37.3 Å². The summed E-state index contributed by atoms with van der Waals surface area (Å²) in [6.45, 7) is 2.08. The first-order valence-electron chi connectivity index (χ1n) is 4.86. The van der Waals surface area contributed by atoms with Crippen LogP contribution in [0.1, 0.15) is 35.4 Å². The lowest BCUT2D eigenvalue weighted by Gasteiger charge is -2.21. The van der Waals surface area contributed by atoms with Crippen LogP contribution in [0.4, 0.5) is 0 Å². The summed E-state index contributed by atoms with van der Waals surface area (Å²) in [4.78, 5) is 10.8. The number of aldehydes is 1. The summed E-state index contributed by atoms with van der Waals surface area (Å²) in [7, 11) is 0. The number of rotatable bonds is 1. The first-order valence-corrected chi connectivity index (χ1v) is 4.86. The van der Waals surface area contributed by atoms with Crippen molar-refractivity contribution in [2.75, 3.05) is 0 Å². The fraction of sp³-hybridized carbons (Fsp3) is 0.417. The van der Waals surface area contributed by atoms with Gasteiger partial charge in [0.25, 0.3) is 0 Å². The van der Waals surface area contributed by atoms with Crippen molar-refractivity contribution in [3.8, 4) is 0 Å². The second kappa shape index (κ2) is 3.33. The van der Waals surface area contributed by atoms with E-state index in [4.69, 9.17) is 0 Å². The quantitative estimate of drug-likeness (QED) is 0.598. The maximum absolute atomic E-state index is 10.8. The van der Waals surface area contributed by atoms with Crippen LogP contribution in [0.25, 0.3) is 0 Å². The molecule has 0 radical (unpaired) electrons. The summed E-state index contributed by atoms with van der Waals surface area (Å²) in [5, 5.41) is 0. The Bertz CT molecular complexity index is 328. The highest BCUT2D eigenvalue weighted by atomic mass is 16.1. The summed E-state index contributed by atoms with van der Waals surface area (Å²) >= 11 is 0. The Labute approximate surface area is 78.8 Å². The number of hydrogen-bond donors (Lipinski definition) is 0. The van der Waals surface area contributed by atoms with Gasteiger partial charge in [0.15, 0.2) is 0 Å². The highest BCUT2D eigenvalue weighted by molar-refractivity contribution is 5.64. The molecule has 1 nitrogen and oxygen atoms in total. The molecule has 2 rings (SSSR count). The molecule has 0 heterocycles. The van der Waals surface area contributed by atoms with Gasteiger partial charge >= 0.3 is 0 Å². The van der Waals surface area contributed by atoms with Crippen LogP contribution in [0.3, 0.4) is 0 Å². The molecule has 0 aliphatic heterocycles. The normalized spacial score (nSPS) is 20.8. The Morgan fingerprint density at radius 1 is 1.46 bits per heavy atom. The van der Waals surface area contributed by atoms with E-state index in [9.17, 15) is 4.79 Å². The monoisotopic (exact) mass is 174 g/mol. The largest absolute Gasteiger partial charge is 0.303 e. The molecule has 0 N–H and O–H groups in total. The van der Waals surface area contributed by atoms with Crippen LogP contribution in [0.15, 0.2) is 18.2 Å². The molecule has 1 unspecified atom stereocenters. The summed E-state index contributed by atoms with van der Waals surface area (Å²) < 4.78 is 0. The van der Waals surface area contributed by atoms with Gasteiger partial charge in [-0.25, -0.2) is 0 Å². The second-order valence-corrected chi connectivity index (χ2v) is 3.84. The molecule has 0 spiro atoms. The predicted octanol–water partition coefficient (Wildman–Crippen LogP) is 2.61. The number of carbonyl (C=O) groups is 1. The van der Waals surface area contributed by atoms with Gasteiger partial charge in [0.05, 0.1) is 0 Å². The Morgan fingerprint density at radius 3 is 3.08 bits per heavy atom. The fourth-order valence-corrected chi connectivity index (χ4v) is 2.10. The predicted molar refractivity (Wildman–Crippen MR) is 52.9 cm³/mol. The van der Waals surface area contributed by atoms with E-state index in [1.807, 2.05) is 0 Å². The molecule has 13 heavy (non-hydrogen) atoms. The van der Waals surface area contributed by atoms with Crippen LogP contribution in [-0.2, 0) is 11.2 Å². The molecule has 1 aromatic carbocycles. The van der Waals surface area contributed by atoms with Crippen molar-refractivity contribution in [1.29, 1.82) is 0 Å². The molecule has 1 aromatic rings. The minimum atomic E-state index is 0.156. The van der Waals surface area contributed by atoms with Gasteiger partial charge in [-0.2, -0.15) is 0 Å². The Morgan fingerprint density at radius 2 is 2.31 bits per heavy atom. The standard InChI is InChI=1S/C12H14O/c1-9-5-6-10-3-2-4-11(8-13)12(10)7-9/h5-8,11H,2-4H2,1H3. The first-order chi connectivity index (χ1) is 6.31. The van der Waals surface area contributed by atoms with Gasteiger partial charge in [0.1, 0.15) is 6.29 Å². The van der Waals surface area contributed by atoms with Crippen molar-refractivity contribution in [3.05, 3.63) is 34.9 Å². The third kappa shape index (κ3) is 1.51. The Hall–Kier alpha value is -1.11. The Balaban J connectivity index is 2.47. The van der Waals surface area contributed by atoms with E-state index in [1.54, 1.807) is 0 Å². The summed E-state index contributed by atoms with van der Waals surface area (Å²) in [6.07, 6.45) is 4.41. The van der Waals surface area contributed by atoms with Gasteiger partial charge in [-0.1, -0.05) is 23.8 Å². The molecule has 0 bridgehead atoms. The van der Waals surface area contributed by atoms with Crippen molar-refractivity contribution in [2.45, 2.75) is 32.1 Å². The van der Waals surface area contributed by atoms with Crippen molar-refractivity contribution >= 4 is 6.29 Å². The average molecular weight is 174 g/mol. The number of benzene rings is 1. The molecule has 0 fully saturated rings. The zero-order valence-corrected chi connectivity index (χ0v) is 7.92. The van der Waals surface area contributed by atoms with E-state index in [2.05, 4.69) is 25.1 Å². The fourth-order valence-electron chi connectivity index (χ4n) is 2.10. The van der Waals surface area contributed by atoms with Crippen molar-refractivity contribution < 1.29 is 4.79 Å². The SMILES string of the molecule is Cc1ccc2c(c1)C(C=O)CCC2. The van der Waals surface area contributed by atoms with E-state index in [0.29, 0.717) is 0 Å². The summed E-state index contributed by atoms with van der Waals surface area (Å²) in [5.41, 5.74) is 3.89. The van der Waals surface area contributed by atoms with E-state index in [1.165, 1.54) is 16.7 Å². The lowest BCUT2D eigenvalue weighted by molar-refractivity contribution is -0.109. The minimum Gasteiger partial charge on any atom is -0.303 e. The minimum absolute atomic E-state index is 0.156. The lowest BCUT2D eigenvalue weighted by Crippen LogP contribution is -2.10. The van der Waals surface area contributed by atoms with Crippen LogP contribution < -0.4 is 0 Å². The van der Waals surface area contributed by atoms with Crippen molar-refractivity contribution in [2.24, 2.45) is 0 Å². The molecule has 68 valence electrons. The molecular formula is C12H14O. The smallest absolute Gasteiger partial charge is 0.127 e. The number of hydrogen-bond acceptors (Lipinski definition) is 1. The zero-order chi connectivity index (χ0) is 9.26. The van der Waals surface area contributed by atoms with Crippen molar-refractivity contribution in [3.63, 3.8) is 0 Å². The first kappa shape index (κ1) is 8.49. The summed E-state index contributed by atoms with van der Waals surface area (Å²) in [5.74, 6) is 0.156. The molecule has 1 atom stereocenters. The maximum Gasteiger partial charge on any atom is 0.127 e. The molecular weight excluding hydrogens is 160 g/mol. The molecule has 0 saturated heterocycles. The van der Waals surface area contributed by atoms with E-state index >= 15 is 0 Å². The zero-order valence-electron chi connectivity index (χ0n) is 7.92. The van der Waals surface area contributed by atoms with Gasteiger partial charge < -0.3 is 4.79 Å². The molecule has 1 aliphatic rings.